The standard InChI is InChI=1S/C14H21NO2/c1-5-14(6-2,11(3)4)12-7-9-13(10-8-12)15(16)17/h7-11H,5-6H2,1-4H3. The van der Waals surface area contributed by atoms with Gasteiger partial charge in [0.2, 0.25) is 0 Å². The van der Waals surface area contributed by atoms with Crippen molar-refractivity contribution < 1.29 is 4.92 Å². The van der Waals surface area contributed by atoms with E-state index in [4.69, 9.17) is 0 Å². The molecule has 1 aromatic rings. The lowest BCUT2D eigenvalue weighted by atomic mass is 9.68. The Labute approximate surface area is 103 Å². The third-order valence-electron chi connectivity index (χ3n) is 4.02. The molecule has 0 heterocycles. The molecule has 0 unspecified atom stereocenters. The van der Waals surface area contributed by atoms with E-state index in [2.05, 4.69) is 27.7 Å². The van der Waals surface area contributed by atoms with E-state index in [1.165, 1.54) is 5.56 Å². The van der Waals surface area contributed by atoms with Gasteiger partial charge in [-0.2, -0.15) is 0 Å². The second-order valence-electron chi connectivity index (χ2n) is 4.82. The van der Waals surface area contributed by atoms with Gasteiger partial charge < -0.3 is 0 Å². The van der Waals surface area contributed by atoms with Gasteiger partial charge in [-0.05, 0) is 29.7 Å². The van der Waals surface area contributed by atoms with Crippen molar-refractivity contribution in [2.75, 3.05) is 0 Å². The van der Waals surface area contributed by atoms with Crippen LogP contribution in [0.4, 0.5) is 5.69 Å². The number of benzene rings is 1. The van der Waals surface area contributed by atoms with Crippen LogP contribution in [0.1, 0.15) is 46.1 Å². The van der Waals surface area contributed by atoms with Crippen LogP contribution in [0.15, 0.2) is 24.3 Å². The smallest absolute Gasteiger partial charge is 0.258 e. The molecule has 0 aromatic heterocycles. The molecule has 0 aliphatic rings. The van der Waals surface area contributed by atoms with Crippen LogP contribution in [-0.2, 0) is 5.41 Å². The topological polar surface area (TPSA) is 43.1 Å². The Bertz CT molecular complexity index is 378. The molecule has 0 atom stereocenters. The summed E-state index contributed by atoms with van der Waals surface area (Å²) in [6, 6.07) is 7.03. The highest BCUT2D eigenvalue weighted by Crippen LogP contribution is 2.39. The lowest BCUT2D eigenvalue weighted by molar-refractivity contribution is -0.384. The van der Waals surface area contributed by atoms with Gasteiger partial charge in [0.05, 0.1) is 4.92 Å². The van der Waals surface area contributed by atoms with E-state index in [0.29, 0.717) is 5.92 Å². The van der Waals surface area contributed by atoms with Gasteiger partial charge in [-0.15, -0.1) is 0 Å². The first-order valence-electron chi connectivity index (χ1n) is 6.22. The zero-order valence-corrected chi connectivity index (χ0v) is 11.1. The summed E-state index contributed by atoms with van der Waals surface area (Å²) in [6.07, 6.45) is 2.11. The van der Waals surface area contributed by atoms with E-state index in [1.807, 2.05) is 12.1 Å². The summed E-state index contributed by atoms with van der Waals surface area (Å²) in [5.74, 6) is 0.527. The maximum absolute atomic E-state index is 10.6. The molecule has 17 heavy (non-hydrogen) atoms. The second kappa shape index (κ2) is 5.30. The molecule has 0 aliphatic heterocycles. The Hall–Kier alpha value is -1.38. The maximum atomic E-state index is 10.6. The molecule has 0 saturated carbocycles. The summed E-state index contributed by atoms with van der Waals surface area (Å²) >= 11 is 0. The summed E-state index contributed by atoms with van der Waals surface area (Å²) in [4.78, 5) is 10.3. The minimum atomic E-state index is -0.348. The largest absolute Gasteiger partial charge is 0.269 e. The van der Waals surface area contributed by atoms with Gasteiger partial charge >= 0.3 is 0 Å². The first-order chi connectivity index (χ1) is 7.97. The van der Waals surface area contributed by atoms with E-state index < -0.39 is 0 Å². The number of nitro benzene ring substituents is 1. The fourth-order valence-corrected chi connectivity index (χ4v) is 2.72. The zero-order valence-electron chi connectivity index (χ0n) is 11.1. The molecule has 0 bridgehead atoms. The lowest BCUT2D eigenvalue weighted by Crippen LogP contribution is -2.30. The van der Waals surface area contributed by atoms with Gasteiger partial charge in [0.1, 0.15) is 0 Å². The minimum absolute atomic E-state index is 0.134. The average Bonchev–Trinajstić information content (AvgIpc) is 2.31. The second-order valence-corrected chi connectivity index (χ2v) is 4.82. The van der Waals surface area contributed by atoms with Crippen molar-refractivity contribution in [1.29, 1.82) is 0 Å². The summed E-state index contributed by atoms with van der Waals surface area (Å²) < 4.78 is 0. The van der Waals surface area contributed by atoms with Crippen LogP contribution in [0.25, 0.3) is 0 Å². The highest BCUT2D eigenvalue weighted by Gasteiger charge is 2.32. The first-order valence-corrected chi connectivity index (χ1v) is 6.22. The molecule has 0 radical (unpaired) electrons. The van der Waals surface area contributed by atoms with Crippen LogP contribution in [0.5, 0.6) is 0 Å². The molecule has 0 N–H and O–H groups in total. The third kappa shape index (κ3) is 2.48. The van der Waals surface area contributed by atoms with Crippen molar-refractivity contribution in [3.05, 3.63) is 39.9 Å². The maximum Gasteiger partial charge on any atom is 0.269 e. The van der Waals surface area contributed by atoms with Gasteiger partial charge in [-0.3, -0.25) is 10.1 Å². The Morgan fingerprint density at radius 3 is 1.94 bits per heavy atom. The summed E-state index contributed by atoms with van der Waals surface area (Å²) in [5, 5.41) is 10.6. The van der Waals surface area contributed by atoms with Crippen molar-refractivity contribution in [2.24, 2.45) is 5.92 Å². The number of nitrogens with zero attached hydrogens (tertiary/aromatic N) is 1. The van der Waals surface area contributed by atoms with E-state index in [-0.39, 0.29) is 16.0 Å². The van der Waals surface area contributed by atoms with E-state index in [9.17, 15) is 10.1 Å². The highest BCUT2D eigenvalue weighted by atomic mass is 16.6. The Kier molecular flexibility index (Phi) is 4.27. The normalized spacial score (nSPS) is 11.8. The molecule has 3 nitrogen and oxygen atoms in total. The van der Waals surface area contributed by atoms with Crippen LogP contribution in [-0.4, -0.2) is 4.92 Å². The molecule has 0 fully saturated rings. The van der Waals surface area contributed by atoms with Crippen molar-refractivity contribution in [3.63, 3.8) is 0 Å². The number of hydrogen-bond donors (Lipinski definition) is 0. The lowest BCUT2D eigenvalue weighted by Gasteiger charge is -2.36. The number of nitro groups is 1. The van der Waals surface area contributed by atoms with Gasteiger partial charge in [0, 0.05) is 12.1 Å². The third-order valence-corrected chi connectivity index (χ3v) is 4.02. The number of rotatable bonds is 5. The summed E-state index contributed by atoms with van der Waals surface area (Å²) in [5.41, 5.74) is 1.51. The summed E-state index contributed by atoms with van der Waals surface area (Å²) in [7, 11) is 0. The van der Waals surface area contributed by atoms with Gasteiger partial charge in [-0.25, -0.2) is 0 Å². The predicted octanol–water partition coefficient (Wildman–Crippen LogP) is 4.31. The minimum Gasteiger partial charge on any atom is -0.258 e. The SMILES string of the molecule is CCC(CC)(c1ccc([N+](=O)[O-])cc1)C(C)C. The van der Waals surface area contributed by atoms with Crippen molar-refractivity contribution in [3.8, 4) is 0 Å². The zero-order chi connectivity index (χ0) is 13.1. The van der Waals surface area contributed by atoms with Crippen LogP contribution < -0.4 is 0 Å². The summed E-state index contributed by atoms with van der Waals surface area (Å²) in [6.45, 7) is 8.80. The molecular formula is C14H21NO2. The quantitative estimate of drug-likeness (QED) is 0.563. The molecular weight excluding hydrogens is 214 g/mol. The van der Waals surface area contributed by atoms with Crippen LogP contribution in [0.3, 0.4) is 0 Å². The molecule has 3 heteroatoms. The van der Waals surface area contributed by atoms with Crippen molar-refractivity contribution in [2.45, 2.75) is 46.0 Å². The molecule has 0 aliphatic carbocycles. The van der Waals surface area contributed by atoms with Crippen LogP contribution >= 0.6 is 0 Å². The van der Waals surface area contributed by atoms with Gasteiger partial charge in [0.15, 0.2) is 0 Å². The van der Waals surface area contributed by atoms with Gasteiger partial charge in [-0.1, -0.05) is 39.8 Å². The Morgan fingerprint density at radius 2 is 1.65 bits per heavy atom. The Balaban J connectivity index is 3.16. The fraction of sp³-hybridized carbons (Fsp3) is 0.571. The van der Waals surface area contributed by atoms with Crippen LogP contribution in [0.2, 0.25) is 0 Å². The molecule has 1 aromatic carbocycles. The van der Waals surface area contributed by atoms with E-state index >= 15 is 0 Å². The monoisotopic (exact) mass is 235 g/mol. The van der Waals surface area contributed by atoms with E-state index in [0.717, 1.165) is 12.8 Å². The molecule has 94 valence electrons. The molecule has 1 rings (SSSR count). The van der Waals surface area contributed by atoms with E-state index in [1.54, 1.807) is 12.1 Å². The molecule has 0 amide bonds. The first kappa shape index (κ1) is 13.7. The molecule has 0 spiro atoms. The van der Waals surface area contributed by atoms with Crippen LogP contribution in [0, 0.1) is 16.0 Å². The van der Waals surface area contributed by atoms with Gasteiger partial charge in [0.25, 0.3) is 5.69 Å². The predicted molar refractivity (Wildman–Crippen MR) is 70.2 cm³/mol. The average molecular weight is 235 g/mol. The Morgan fingerprint density at radius 1 is 1.18 bits per heavy atom. The highest BCUT2D eigenvalue weighted by molar-refractivity contribution is 5.36. The number of hydrogen-bond acceptors (Lipinski definition) is 2. The van der Waals surface area contributed by atoms with Crippen molar-refractivity contribution >= 4 is 5.69 Å². The number of non-ortho nitro benzene ring substituents is 1. The fourth-order valence-electron chi connectivity index (χ4n) is 2.72. The van der Waals surface area contributed by atoms with Crippen molar-refractivity contribution in [1.82, 2.24) is 0 Å². The molecule has 0 saturated heterocycles.